The minimum absolute atomic E-state index is 0.148. The van der Waals surface area contributed by atoms with E-state index in [4.69, 9.17) is 25.8 Å². The SMILES string of the molecule is O=C1N(C[NH+]2CCOCC2)c2ccccc2[C@@]12OC[C@H](CCl)O2. The zero-order valence-electron chi connectivity index (χ0n) is 12.8. The number of fused-ring (bicyclic) bond motifs is 2. The number of nitrogens with zero attached hydrogens (tertiary/aromatic N) is 1. The summed E-state index contributed by atoms with van der Waals surface area (Å²) in [4.78, 5) is 16.2. The standard InChI is InChI=1S/C16H19ClN2O4/c17-9-12-10-22-16(23-12)13-3-1-2-4-14(13)19(15(16)20)11-18-5-7-21-8-6-18/h1-4,12H,5-11H2/p+1/t12-,16-/m0/s1. The van der Waals surface area contributed by atoms with Gasteiger partial charge in [-0.15, -0.1) is 11.6 Å². The van der Waals surface area contributed by atoms with Crippen LogP contribution in [0.25, 0.3) is 0 Å². The first-order chi connectivity index (χ1) is 11.2. The number of hydrogen-bond donors (Lipinski definition) is 1. The number of alkyl halides is 1. The highest BCUT2D eigenvalue weighted by Crippen LogP contribution is 2.46. The molecule has 2 fully saturated rings. The molecule has 1 amide bonds. The first-order valence-corrected chi connectivity index (χ1v) is 8.48. The third kappa shape index (κ3) is 2.45. The van der Waals surface area contributed by atoms with Gasteiger partial charge in [0.15, 0.2) is 6.67 Å². The van der Waals surface area contributed by atoms with Crippen molar-refractivity contribution in [3.05, 3.63) is 29.8 Å². The van der Waals surface area contributed by atoms with E-state index in [9.17, 15) is 4.79 Å². The molecule has 1 spiro atoms. The number of carbonyl (C=O) groups is 1. The highest BCUT2D eigenvalue weighted by Gasteiger charge is 2.58. The zero-order valence-corrected chi connectivity index (χ0v) is 13.6. The monoisotopic (exact) mass is 339 g/mol. The fraction of sp³-hybridized carbons (Fsp3) is 0.562. The highest BCUT2D eigenvalue weighted by molar-refractivity contribution is 6.18. The van der Waals surface area contributed by atoms with E-state index in [-0.39, 0.29) is 12.0 Å². The maximum absolute atomic E-state index is 13.1. The fourth-order valence-electron chi connectivity index (χ4n) is 3.43. The molecule has 0 bridgehead atoms. The lowest BCUT2D eigenvalue weighted by Gasteiger charge is -2.29. The molecular formula is C16H20ClN2O4+. The third-order valence-corrected chi connectivity index (χ3v) is 4.98. The van der Waals surface area contributed by atoms with E-state index in [0.29, 0.717) is 19.2 Å². The van der Waals surface area contributed by atoms with Gasteiger partial charge in [0, 0.05) is 5.56 Å². The molecule has 3 heterocycles. The first-order valence-electron chi connectivity index (χ1n) is 7.95. The van der Waals surface area contributed by atoms with Gasteiger partial charge in [-0.3, -0.25) is 9.69 Å². The molecule has 1 N–H and O–H groups in total. The predicted molar refractivity (Wildman–Crippen MR) is 83.5 cm³/mol. The van der Waals surface area contributed by atoms with Crippen LogP contribution in [0.5, 0.6) is 0 Å². The van der Waals surface area contributed by atoms with Gasteiger partial charge in [-0.2, -0.15) is 0 Å². The number of ether oxygens (including phenoxy) is 3. The van der Waals surface area contributed by atoms with Gasteiger partial charge in [0.1, 0.15) is 13.1 Å². The number of quaternary nitrogens is 1. The van der Waals surface area contributed by atoms with Crippen LogP contribution < -0.4 is 9.80 Å². The summed E-state index contributed by atoms with van der Waals surface area (Å²) < 4.78 is 17.2. The van der Waals surface area contributed by atoms with Crippen molar-refractivity contribution in [2.45, 2.75) is 11.9 Å². The summed E-state index contributed by atoms with van der Waals surface area (Å²) in [6, 6.07) is 7.68. The van der Waals surface area contributed by atoms with Crippen molar-refractivity contribution in [3.8, 4) is 0 Å². The Balaban J connectivity index is 1.65. The van der Waals surface area contributed by atoms with Gasteiger partial charge in [-0.05, 0) is 6.07 Å². The Morgan fingerprint density at radius 2 is 2.09 bits per heavy atom. The zero-order chi connectivity index (χ0) is 15.9. The topological polar surface area (TPSA) is 52.4 Å². The number of rotatable bonds is 3. The van der Waals surface area contributed by atoms with Gasteiger partial charge in [0.25, 0.3) is 11.7 Å². The molecule has 124 valence electrons. The molecular weight excluding hydrogens is 320 g/mol. The summed E-state index contributed by atoms with van der Waals surface area (Å²) in [6.07, 6.45) is -0.260. The molecule has 4 rings (SSSR count). The second-order valence-electron chi connectivity index (χ2n) is 6.09. The van der Waals surface area contributed by atoms with Crippen molar-refractivity contribution in [2.75, 3.05) is 50.4 Å². The Bertz CT molecular complexity index is 607. The lowest BCUT2D eigenvalue weighted by atomic mass is 10.1. The van der Waals surface area contributed by atoms with Gasteiger partial charge in [0.05, 0.1) is 37.5 Å². The lowest BCUT2D eigenvalue weighted by Crippen LogP contribution is -3.15. The molecule has 3 aliphatic heterocycles. The predicted octanol–water partition coefficient (Wildman–Crippen LogP) is -0.287. The molecule has 0 unspecified atom stereocenters. The molecule has 0 aliphatic carbocycles. The van der Waals surface area contributed by atoms with Crippen LogP contribution in [0.15, 0.2) is 24.3 Å². The molecule has 23 heavy (non-hydrogen) atoms. The molecule has 1 aromatic rings. The van der Waals surface area contributed by atoms with E-state index >= 15 is 0 Å². The number of para-hydroxylation sites is 1. The number of nitrogens with one attached hydrogen (secondary N) is 1. The van der Waals surface area contributed by atoms with Gasteiger partial charge >= 0.3 is 0 Å². The third-order valence-electron chi connectivity index (χ3n) is 4.63. The van der Waals surface area contributed by atoms with Gasteiger partial charge in [0.2, 0.25) is 0 Å². The number of morpholine rings is 1. The van der Waals surface area contributed by atoms with Crippen LogP contribution in [-0.4, -0.2) is 57.5 Å². The Labute approximate surface area is 139 Å². The Morgan fingerprint density at radius 3 is 2.83 bits per heavy atom. The van der Waals surface area contributed by atoms with Crippen molar-refractivity contribution in [2.24, 2.45) is 0 Å². The fourth-order valence-corrected chi connectivity index (χ4v) is 3.58. The van der Waals surface area contributed by atoms with Crippen molar-refractivity contribution < 1.29 is 23.9 Å². The Morgan fingerprint density at radius 1 is 1.30 bits per heavy atom. The summed E-state index contributed by atoms with van der Waals surface area (Å²) in [6.45, 7) is 4.17. The summed E-state index contributed by atoms with van der Waals surface area (Å²) in [5.41, 5.74) is 1.65. The number of anilines is 1. The van der Waals surface area contributed by atoms with Crippen molar-refractivity contribution in [1.29, 1.82) is 0 Å². The maximum atomic E-state index is 13.1. The molecule has 2 atom stereocenters. The summed E-state index contributed by atoms with van der Waals surface area (Å²) in [5.74, 6) is -1.15. The minimum atomic E-state index is -1.32. The molecule has 0 aromatic heterocycles. The normalized spacial score (nSPS) is 31.1. The molecule has 0 radical (unpaired) electrons. The average molecular weight is 340 g/mol. The van der Waals surface area contributed by atoms with Crippen LogP contribution in [0.3, 0.4) is 0 Å². The molecule has 2 saturated heterocycles. The van der Waals surface area contributed by atoms with Crippen molar-refractivity contribution in [1.82, 2.24) is 0 Å². The second-order valence-corrected chi connectivity index (χ2v) is 6.40. The van der Waals surface area contributed by atoms with Crippen LogP contribution in [0.2, 0.25) is 0 Å². The molecule has 0 saturated carbocycles. The smallest absolute Gasteiger partial charge is 0.296 e. The molecule has 3 aliphatic rings. The summed E-state index contributed by atoms with van der Waals surface area (Å²) in [5, 5.41) is 0. The maximum Gasteiger partial charge on any atom is 0.296 e. The molecule has 1 aromatic carbocycles. The average Bonchev–Trinajstić information content (AvgIpc) is 3.13. The lowest BCUT2D eigenvalue weighted by molar-refractivity contribution is -0.906. The van der Waals surface area contributed by atoms with Gasteiger partial charge < -0.3 is 19.1 Å². The first kappa shape index (κ1) is 15.4. The second kappa shape index (κ2) is 6.03. The van der Waals surface area contributed by atoms with E-state index in [0.717, 1.165) is 37.6 Å². The number of halogens is 1. The quantitative estimate of drug-likeness (QED) is 0.769. The molecule has 7 heteroatoms. The van der Waals surface area contributed by atoms with Crippen LogP contribution in [0.1, 0.15) is 5.56 Å². The van der Waals surface area contributed by atoms with Crippen LogP contribution >= 0.6 is 11.6 Å². The van der Waals surface area contributed by atoms with E-state index in [1.54, 1.807) is 4.90 Å². The number of amides is 1. The number of hydrogen-bond acceptors (Lipinski definition) is 4. The number of carbonyl (C=O) groups excluding carboxylic acids is 1. The largest absolute Gasteiger partial charge is 0.370 e. The molecule has 6 nitrogen and oxygen atoms in total. The summed E-state index contributed by atoms with van der Waals surface area (Å²) in [7, 11) is 0. The Hall–Kier alpha value is -1.18. The summed E-state index contributed by atoms with van der Waals surface area (Å²) >= 11 is 5.89. The number of benzene rings is 1. The highest BCUT2D eigenvalue weighted by atomic mass is 35.5. The van der Waals surface area contributed by atoms with Crippen molar-refractivity contribution in [3.63, 3.8) is 0 Å². The van der Waals surface area contributed by atoms with Crippen LogP contribution in [0.4, 0.5) is 5.69 Å². The van der Waals surface area contributed by atoms with Gasteiger partial charge in [-0.1, -0.05) is 18.2 Å². The van der Waals surface area contributed by atoms with Crippen molar-refractivity contribution >= 4 is 23.2 Å². The van der Waals surface area contributed by atoms with E-state index in [1.165, 1.54) is 4.90 Å². The van der Waals surface area contributed by atoms with Crippen LogP contribution in [-0.2, 0) is 24.8 Å². The van der Waals surface area contributed by atoms with E-state index in [1.807, 2.05) is 24.3 Å². The van der Waals surface area contributed by atoms with Gasteiger partial charge in [-0.25, -0.2) is 0 Å². The van der Waals surface area contributed by atoms with E-state index < -0.39 is 5.79 Å². The van der Waals surface area contributed by atoms with E-state index in [2.05, 4.69) is 0 Å². The minimum Gasteiger partial charge on any atom is -0.370 e. The Kier molecular flexibility index (Phi) is 4.03. The van der Waals surface area contributed by atoms with Crippen LogP contribution in [0, 0.1) is 0 Å².